The van der Waals surface area contributed by atoms with Crippen molar-refractivity contribution in [2.75, 3.05) is 26.3 Å². The largest absolute Gasteiger partial charge is 0.378 e. The van der Waals surface area contributed by atoms with Gasteiger partial charge in [-0.2, -0.15) is 0 Å². The van der Waals surface area contributed by atoms with Crippen molar-refractivity contribution in [3.05, 3.63) is 34.9 Å². The molecule has 0 aromatic heterocycles. The van der Waals surface area contributed by atoms with E-state index in [1.165, 1.54) is 5.56 Å². The van der Waals surface area contributed by atoms with Gasteiger partial charge in [-0.3, -0.25) is 4.79 Å². The van der Waals surface area contributed by atoms with Gasteiger partial charge in [-0.15, -0.1) is 12.4 Å². The molecule has 2 saturated heterocycles. The van der Waals surface area contributed by atoms with E-state index in [2.05, 4.69) is 5.32 Å². The first kappa shape index (κ1) is 17.5. The number of nitrogens with zero attached hydrogens (tertiary/aromatic N) is 1. The Morgan fingerprint density at radius 2 is 2.14 bits per heavy atom. The van der Waals surface area contributed by atoms with Crippen LogP contribution >= 0.6 is 24.0 Å². The third-order valence-electron chi connectivity index (χ3n) is 4.25. The highest BCUT2D eigenvalue weighted by Gasteiger charge is 2.31. The molecule has 2 aliphatic heterocycles. The minimum absolute atomic E-state index is 0. The molecular weight excluding hydrogens is 323 g/mol. The van der Waals surface area contributed by atoms with E-state index < -0.39 is 0 Å². The highest BCUT2D eigenvalue weighted by molar-refractivity contribution is 6.30. The Bertz CT molecular complexity index is 489. The molecule has 6 heteroatoms. The van der Waals surface area contributed by atoms with Gasteiger partial charge in [-0.25, -0.2) is 0 Å². The Morgan fingerprint density at radius 3 is 2.82 bits per heavy atom. The summed E-state index contributed by atoms with van der Waals surface area (Å²) >= 11 is 5.94. The maximum absolute atomic E-state index is 12.6. The fourth-order valence-corrected chi connectivity index (χ4v) is 3.30. The molecule has 0 aliphatic carbocycles. The molecule has 0 saturated carbocycles. The number of ether oxygens (including phenoxy) is 1. The van der Waals surface area contributed by atoms with Crippen LogP contribution < -0.4 is 5.32 Å². The lowest BCUT2D eigenvalue weighted by Gasteiger charge is -2.29. The summed E-state index contributed by atoms with van der Waals surface area (Å²) < 4.78 is 5.42. The molecule has 2 aliphatic rings. The number of rotatable bonds is 3. The number of halogens is 2. The highest BCUT2D eigenvalue weighted by Crippen LogP contribution is 2.33. The molecule has 4 nitrogen and oxygen atoms in total. The van der Waals surface area contributed by atoms with Crippen LogP contribution in [0.15, 0.2) is 24.3 Å². The number of morpholine rings is 1. The number of benzene rings is 1. The summed E-state index contributed by atoms with van der Waals surface area (Å²) in [6.07, 6.45) is 2.61. The van der Waals surface area contributed by atoms with Crippen LogP contribution in [-0.4, -0.2) is 43.2 Å². The summed E-state index contributed by atoms with van der Waals surface area (Å²) in [7, 11) is 0. The quantitative estimate of drug-likeness (QED) is 0.916. The van der Waals surface area contributed by atoms with Crippen LogP contribution in [-0.2, 0) is 9.53 Å². The zero-order chi connectivity index (χ0) is 14.7. The smallest absolute Gasteiger partial charge is 0.224 e. The molecule has 1 aromatic rings. The van der Waals surface area contributed by atoms with E-state index in [1.807, 2.05) is 29.2 Å². The van der Waals surface area contributed by atoms with Crippen molar-refractivity contribution in [3.63, 3.8) is 0 Å². The topological polar surface area (TPSA) is 41.6 Å². The predicted octanol–water partition coefficient (Wildman–Crippen LogP) is 2.80. The predicted molar refractivity (Wildman–Crippen MR) is 89.6 cm³/mol. The van der Waals surface area contributed by atoms with Gasteiger partial charge in [-0.05, 0) is 30.5 Å². The molecule has 1 N–H and O–H groups in total. The van der Waals surface area contributed by atoms with Crippen LogP contribution in [0.3, 0.4) is 0 Å². The Balaban J connectivity index is 0.00000176. The van der Waals surface area contributed by atoms with Gasteiger partial charge in [0, 0.05) is 30.6 Å². The summed E-state index contributed by atoms with van der Waals surface area (Å²) in [5.74, 6) is 0.218. The van der Waals surface area contributed by atoms with E-state index in [-0.39, 0.29) is 30.4 Å². The Kier molecular flexibility index (Phi) is 6.50. The van der Waals surface area contributed by atoms with E-state index in [0.717, 1.165) is 37.6 Å². The Morgan fingerprint density at radius 1 is 1.36 bits per heavy atom. The van der Waals surface area contributed by atoms with Crippen molar-refractivity contribution in [1.82, 2.24) is 10.2 Å². The van der Waals surface area contributed by atoms with Gasteiger partial charge in [0.15, 0.2) is 0 Å². The number of likely N-dealkylation sites (tertiary alicyclic amines) is 1. The summed E-state index contributed by atoms with van der Waals surface area (Å²) in [6, 6.07) is 8.20. The zero-order valence-electron chi connectivity index (χ0n) is 12.5. The lowest BCUT2D eigenvalue weighted by molar-refractivity contribution is -0.133. The van der Waals surface area contributed by atoms with Crippen LogP contribution in [0.2, 0.25) is 5.02 Å². The van der Waals surface area contributed by atoms with Gasteiger partial charge in [0.2, 0.25) is 5.91 Å². The van der Waals surface area contributed by atoms with Crippen LogP contribution in [0, 0.1) is 0 Å². The van der Waals surface area contributed by atoms with Gasteiger partial charge in [0.05, 0.1) is 19.3 Å². The van der Waals surface area contributed by atoms with E-state index in [0.29, 0.717) is 13.0 Å². The highest BCUT2D eigenvalue weighted by atomic mass is 35.5. The number of amides is 1. The molecule has 22 heavy (non-hydrogen) atoms. The molecule has 1 amide bonds. The van der Waals surface area contributed by atoms with Crippen LogP contribution in [0.4, 0.5) is 0 Å². The molecule has 0 radical (unpaired) electrons. The molecule has 2 fully saturated rings. The molecule has 1 aromatic carbocycles. The molecule has 0 bridgehead atoms. The van der Waals surface area contributed by atoms with Crippen molar-refractivity contribution in [1.29, 1.82) is 0 Å². The van der Waals surface area contributed by atoms with Crippen molar-refractivity contribution < 1.29 is 9.53 Å². The van der Waals surface area contributed by atoms with E-state index in [4.69, 9.17) is 16.3 Å². The lowest BCUT2D eigenvalue weighted by atomic mass is 10.0. The van der Waals surface area contributed by atoms with Crippen molar-refractivity contribution >= 4 is 29.9 Å². The molecule has 122 valence electrons. The number of carbonyl (C=O) groups excluding carboxylic acids is 1. The Labute approximate surface area is 142 Å². The SMILES string of the molecule is Cl.O=C(CC1COCCN1)N1CCCC1c1ccc(Cl)cc1. The van der Waals surface area contributed by atoms with Crippen LogP contribution in [0.1, 0.15) is 30.9 Å². The first-order chi connectivity index (χ1) is 10.2. The molecule has 2 unspecified atom stereocenters. The number of nitrogens with one attached hydrogen (secondary N) is 1. The normalized spacial score (nSPS) is 24.9. The number of carbonyl (C=O) groups is 1. The second-order valence-corrected chi connectivity index (χ2v) is 6.16. The summed E-state index contributed by atoms with van der Waals surface area (Å²) in [6.45, 7) is 3.05. The second kappa shape index (κ2) is 8.16. The summed E-state index contributed by atoms with van der Waals surface area (Å²) in [5, 5.41) is 4.08. The van der Waals surface area contributed by atoms with Crippen molar-refractivity contribution in [2.24, 2.45) is 0 Å². The molecule has 2 atom stereocenters. The van der Waals surface area contributed by atoms with E-state index in [9.17, 15) is 4.79 Å². The standard InChI is InChI=1S/C16H21ClN2O2.ClH/c17-13-5-3-12(4-6-13)15-2-1-8-19(15)16(20)10-14-11-21-9-7-18-14;/h3-6,14-15,18H,1-2,7-11H2;1H. The summed E-state index contributed by atoms with van der Waals surface area (Å²) in [5.41, 5.74) is 1.18. The van der Waals surface area contributed by atoms with Gasteiger partial charge in [0.1, 0.15) is 0 Å². The monoisotopic (exact) mass is 344 g/mol. The maximum atomic E-state index is 12.6. The molecule has 2 heterocycles. The lowest BCUT2D eigenvalue weighted by Crippen LogP contribution is -2.45. The number of hydrogen-bond donors (Lipinski definition) is 1. The fourth-order valence-electron chi connectivity index (χ4n) is 3.18. The van der Waals surface area contributed by atoms with E-state index in [1.54, 1.807) is 0 Å². The van der Waals surface area contributed by atoms with Crippen molar-refractivity contribution in [2.45, 2.75) is 31.3 Å². The first-order valence-corrected chi connectivity index (χ1v) is 7.98. The van der Waals surface area contributed by atoms with Crippen molar-refractivity contribution in [3.8, 4) is 0 Å². The zero-order valence-corrected chi connectivity index (χ0v) is 14.0. The minimum Gasteiger partial charge on any atom is -0.378 e. The molecule has 0 spiro atoms. The average Bonchev–Trinajstić information content (AvgIpc) is 2.98. The van der Waals surface area contributed by atoms with Gasteiger partial charge >= 0.3 is 0 Å². The maximum Gasteiger partial charge on any atom is 0.224 e. The molecular formula is C16H22Cl2N2O2. The fraction of sp³-hybridized carbons (Fsp3) is 0.562. The van der Waals surface area contributed by atoms with Gasteiger partial charge in [-0.1, -0.05) is 23.7 Å². The minimum atomic E-state index is 0. The van der Waals surface area contributed by atoms with Gasteiger partial charge < -0.3 is 15.0 Å². The van der Waals surface area contributed by atoms with Crippen LogP contribution in [0.5, 0.6) is 0 Å². The van der Waals surface area contributed by atoms with E-state index >= 15 is 0 Å². The second-order valence-electron chi connectivity index (χ2n) is 5.73. The first-order valence-electron chi connectivity index (χ1n) is 7.60. The molecule has 3 rings (SSSR count). The third-order valence-corrected chi connectivity index (χ3v) is 4.50. The Hall–Kier alpha value is -0.810. The van der Waals surface area contributed by atoms with Gasteiger partial charge in [0.25, 0.3) is 0 Å². The van der Waals surface area contributed by atoms with Crippen LogP contribution in [0.25, 0.3) is 0 Å². The number of hydrogen-bond acceptors (Lipinski definition) is 3. The average molecular weight is 345 g/mol. The summed E-state index contributed by atoms with van der Waals surface area (Å²) in [4.78, 5) is 14.6. The third kappa shape index (κ3) is 4.13.